The van der Waals surface area contributed by atoms with Gasteiger partial charge in [-0.05, 0) is 49.9 Å². The fraction of sp³-hybridized carbons (Fsp3) is 0.704. The van der Waals surface area contributed by atoms with Gasteiger partial charge in [0.25, 0.3) is 0 Å². The third-order valence-electron chi connectivity index (χ3n) is 8.12. The van der Waals surface area contributed by atoms with E-state index in [9.17, 15) is 31.2 Å². The summed E-state index contributed by atoms with van der Waals surface area (Å²) in [5.74, 6) is -1.43. The number of benzene rings is 1. The van der Waals surface area contributed by atoms with Crippen LogP contribution in [0.4, 0.5) is 13.2 Å². The predicted molar refractivity (Wildman–Crippen MR) is 146 cm³/mol. The number of methoxy groups -OCH3 is 1. The Morgan fingerprint density at radius 1 is 0.976 bits per heavy atom. The van der Waals surface area contributed by atoms with Gasteiger partial charge < -0.3 is 24.0 Å². The lowest BCUT2D eigenvalue weighted by Crippen LogP contribution is -2.56. The fourth-order valence-corrected chi connectivity index (χ4v) is 7.96. The van der Waals surface area contributed by atoms with Gasteiger partial charge in [-0.15, -0.1) is 0 Å². The lowest BCUT2D eigenvalue weighted by Gasteiger charge is -2.42. The third-order valence-corrected chi connectivity index (χ3v) is 10.4. The van der Waals surface area contributed by atoms with Gasteiger partial charge in [0.1, 0.15) is 12.4 Å². The molecule has 0 aromatic heterocycles. The molecule has 3 aliphatic rings. The number of piperidine rings is 1. The van der Waals surface area contributed by atoms with Gasteiger partial charge in [-0.3, -0.25) is 14.5 Å². The van der Waals surface area contributed by atoms with Crippen LogP contribution >= 0.6 is 0 Å². The number of carbonyl (C=O) groups is 2. The Morgan fingerprint density at radius 3 is 2.17 bits per heavy atom. The molecule has 4 rings (SSSR count). The molecule has 0 saturated carbocycles. The van der Waals surface area contributed by atoms with E-state index in [-0.39, 0.29) is 62.9 Å². The Hall–Kier alpha value is -2.46. The molecule has 0 spiro atoms. The van der Waals surface area contributed by atoms with Gasteiger partial charge in [0, 0.05) is 51.9 Å². The first-order valence-electron chi connectivity index (χ1n) is 14.0. The van der Waals surface area contributed by atoms with Crippen molar-refractivity contribution in [3.63, 3.8) is 0 Å². The molecule has 2 amide bonds. The number of morpholine rings is 1. The number of piperazine rings is 1. The highest BCUT2D eigenvalue weighted by Crippen LogP contribution is 2.30. The topological polar surface area (TPSA) is 109 Å². The zero-order valence-corrected chi connectivity index (χ0v) is 25.0. The highest BCUT2D eigenvalue weighted by Gasteiger charge is 2.44. The summed E-state index contributed by atoms with van der Waals surface area (Å²) in [5, 5.41) is 0. The van der Waals surface area contributed by atoms with E-state index in [4.69, 9.17) is 14.2 Å². The standard InChI is InChI=1S/C27H39F3N4O7S/c1-19-14-23(39-3)15-20(2)25(19)42(37,38)34-12-13-40-16-22(34)17-41-18-24(35)32-10-8-31(9-11-32)21-4-6-33(7-5-21)26(36)27(28,29)30/h14-15,21-22H,4-13,16-18H2,1-3H3/t22-/m0/s1. The number of amides is 2. The number of hydrogen-bond donors (Lipinski definition) is 0. The minimum Gasteiger partial charge on any atom is -0.497 e. The van der Waals surface area contributed by atoms with E-state index in [0.717, 1.165) is 4.90 Å². The molecule has 1 aromatic rings. The van der Waals surface area contributed by atoms with Crippen molar-refractivity contribution in [2.45, 2.75) is 49.8 Å². The number of alkyl halides is 3. The third kappa shape index (κ3) is 7.36. The first-order valence-corrected chi connectivity index (χ1v) is 15.5. The van der Waals surface area contributed by atoms with Crippen molar-refractivity contribution in [3.05, 3.63) is 23.3 Å². The Kier molecular flexibility index (Phi) is 10.4. The van der Waals surface area contributed by atoms with Gasteiger partial charge in [0.15, 0.2) is 0 Å². The van der Waals surface area contributed by atoms with Gasteiger partial charge >= 0.3 is 12.1 Å². The number of halogens is 3. The number of hydrogen-bond acceptors (Lipinski definition) is 8. The van der Waals surface area contributed by atoms with Crippen LogP contribution in [0.1, 0.15) is 24.0 Å². The molecule has 0 unspecified atom stereocenters. The van der Waals surface area contributed by atoms with Crippen molar-refractivity contribution in [1.82, 2.24) is 19.0 Å². The van der Waals surface area contributed by atoms with Gasteiger partial charge in [-0.25, -0.2) is 8.42 Å². The van der Waals surface area contributed by atoms with Crippen molar-refractivity contribution in [2.75, 3.05) is 79.4 Å². The first-order chi connectivity index (χ1) is 19.8. The summed E-state index contributed by atoms with van der Waals surface area (Å²) in [7, 11) is -2.34. The summed E-state index contributed by atoms with van der Waals surface area (Å²) in [4.78, 5) is 29.2. The van der Waals surface area contributed by atoms with Gasteiger partial charge in [-0.1, -0.05) is 0 Å². The van der Waals surface area contributed by atoms with E-state index in [1.54, 1.807) is 30.9 Å². The average Bonchev–Trinajstić information content (AvgIpc) is 2.96. The minimum absolute atomic E-state index is 0.00555. The largest absolute Gasteiger partial charge is 0.497 e. The van der Waals surface area contributed by atoms with Gasteiger partial charge in [0.2, 0.25) is 15.9 Å². The molecule has 0 N–H and O–H groups in total. The van der Waals surface area contributed by atoms with E-state index < -0.39 is 28.1 Å². The quantitative estimate of drug-likeness (QED) is 0.430. The molecule has 0 aliphatic carbocycles. The molecular formula is C27H39F3N4O7S. The highest BCUT2D eigenvalue weighted by atomic mass is 32.2. The van der Waals surface area contributed by atoms with Gasteiger partial charge in [-0.2, -0.15) is 17.5 Å². The molecule has 42 heavy (non-hydrogen) atoms. The molecule has 15 heteroatoms. The number of sulfonamides is 1. The van der Waals surface area contributed by atoms with Crippen LogP contribution < -0.4 is 4.74 Å². The lowest BCUT2D eigenvalue weighted by atomic mass is 10.0. The van der Waals surface area contributed by atoms with Crippen LogP contribution in [0.5, 0.6) is 5.75 Å². The monoisotopic (exact) mass is 620 g/mol. The molecule has 1 atom stereocenters. The second-order valence-electron chi connectivity index (χ2n) is 10.9. The number of aryl methyl sites for hydroxylation is 2. The van der Waals surface area contributed by atoms with Crippen molar-refractivity contribution >= 4 is 21.8 Å². The minimum atomic E-state index is -4.86. The molecule has 3 aliphatic heterocycles. The molecule has 0 radical (unpaired) electrons. The first kappa shape index (κ1) is 32.5. The van der Waals surface area contributed by atoms with Crippen LogP contribution in [0.15, 0.2) is 17.0 Å². The maximum atomic E-state index is 13.7. The number of likely N-dealkylation sites (tertiary alicyclic amines) is 1. The second-order valence-corrected chi connectivity index (χ2v) is 12.7. The van der Waals surface area contributed by atoms with E-state index in [0.29, 0.717) is 55.9 Å². The molecule has 3 fully saturated rings. The van der Waals surface area contributed by atoms with Crippen LogP contribution in [0.25, 0.3) is 0 Å². The highest BCUT2D eigenvalue weighted by molar-refractivity contribution is 7.89. The maximum Gasteiger partial charge on any atom is 0.471 e. The summed E-state index contributed by atoms with van der Waals surface area (Å²) >= 11 is 0. The summed E-state index contributed by atoms with van der Waals surface area (Å²) in [6, 6.07) is 2.83. The molecule has 3 saturated heterocycles. The van der Waals surface area contributed by atoms with E-state index in [1.807, 2.05) is 0 Å². The van der Waals surface area contributed by atoms with E-state index in [2.05, 4.69) is 4.90 Å². The Balaban J connectivity index is 1.25. The molecule has 0 bridgehead atoms. The predicted octanol–water partition coefficient (Wildman–Crippen LogP) is 1.42. The lowest BCUT2D eigenvalue weighted by molar-refractivity contribution is -0.186. The van der Waals surface area contributed by atoms with Crippen LogP contribution in [0, 0.1) is 13.8 Å². The van der Waals surface area contributed by atoms with Crippen LogP contribution in [-0.4, -0.2) is 137 Å². The summed E-state index contributed by atoms with van der Waals surface area (Å²) in [6.07, 6.45) is -3.94. The fourth-order valence-electron chi connectivity index (χ4n) is 5.96. The molecule has 236 valence electrons. The summed E-state index contributed by atoms with van der Waals surface area (Å²) in [6.45, 7) is 5.99. The van der Waals surface area contributed by atoms with Crippen molar-refractivity contribution in [2.24, 2.45) is 0 Å². The van der Waals surface area contributed by atoms with Crippen LogP contribution in [-0.2, 0) is 29.1 Å². The summed E-state index contributed by atoms with van der Waals surface area (Å²) < 4.78 is 83.3. The Bertz CT molecular complexity index is 1210. The number of carbonyl (C=O) groups excluding carboxylic acids is 2. The maximum absolute atomic E-state index is 13.7. The van der Waals surface area contributed by atoms with Crippen molar-refractivity contribution < 1.29 is 45.4 Å². The number of rotatable bonds is 8. The number of ether oxygens (including phenoxy) is 3. The van der Waals surface area contributed by atoms with Crippen molar-refractivity contribution in [3.8, 4) is 5.75 Å². The van der Waals surface area contributed by atoms with E-state index >= 15 is 0 Å². The smallest absolute Gasteiger partial charge is 0.471 e. The second kappa shape index (κ2) is 13.5. The van der Waals surface area contributed by atoms with Crippen LogP contribution in [0.2, 0.25) is 0 Å². The zero-order valence-electron chi connectivity index (χ0n) is 24.2. The molecular weight excluding hydrogens is 581 g/mol. The Labute approximate surface area is 244 Å². The average molecular weight is 621 g/mol. The van der Waals surface area contributed by atoms with Gasteiger partial charge in [0.05, 0.1) is 37.9 Å². The summed E-state index contributed by atoms with van der Waals surface area (Å²) in [5.41, 5.74) is 1.15. The molecule has 3 heterocycles. The normalized spacial score (nSPS) is 21.9. The SMILES string of the molecule is COc1cc(C)c(S(=O)(=O)N2CCOC[C@H]2COCC(=O)N2CCN(C3CCN(C(=O)C(F)(F)F)CC3)CC2)c(C)c1. The van der Waals surface area contributed by atoms with Crippen molar-refractivity contribution in [1.29, 1.82) is 0 Å². The van der Waals surface area contributed by atoms with E-state index in [1.165, 1.54) is 11.4 Å². The Morgan fingerprint density at radius 2 is 1.60 bits per heavy atom. The zero-order chi connectivity index (χ0) is 30.7. The molecule has 1 aromatic carbocycles. The molecule has 11 nitrogen and oxygen atoms in total. The van der Waals surface area contributed by atoms with Crippen LogP contribution in [0.3, 0.4) is 0 Å². The number of nitrogens with zero attached hydrogens (tertiary/aromatic N) is 4.